The first-order valence-corrected chi connectivity index (χ1v) is 6.80. The fourth-order valence-corrected chi connectivity index (χ4v) is 2.73. The fraction of sp³-hybridized carbons (Fsp3) is 0.231. The summed E-state index contributed by atoms with van der Waals surface area (Å²) in [6.45, 7) is 0. The van der Waals surface area contributed by atoms with Gasteiger partial charge in [0.05, 0.1) is 4.34 Å². The highest BCUT2D eigenvalue weighted by atomic mass is 35.5. The summed E-state index contributed by atoms with van der Waals surface area (Å²) in [6.07, 6.45) is 4.26. The first kappa shape index (κ1) is 13.2. The van der Waals surface area contributed by atoms with Crippen LogP contribution in [0.25, 0.3) is 0 Å². The molecule has 18 heavy (non-hydrogen) atoms. The molecular formula is C13H13ClN2OS. The van der Waals surface area contributed by atoms with Crippen LogP contribution in [0, 0.1) is 0 Å². The van der Waals surface area contributed by atoms with E-state index < -0.39 is 0 Å². The third kappa shape index (κ3) is 3.38. The summed E-state index contributed by atoms with van der Waals surface area (Å²) in [4.78, 5) is 16.8. The molecule has 1 unspecified atom stereocenters. The predicted octanol–water partition coefficient (Wildman–Crippen LogP) is 3.46. The standard InChI is InChI=1S/C13H13ClN2OS/c14-13-6-5-12(18-13)10(15)3-4-11(17)9-2-1-7-16-8-9/h1-2,5-8,10H,3-4,15H2. The molecule has 2 N–H and O–H groups in total. The Morgan fingerprint density at radius 3 is 2.89 bits per heavy atom. The molecule has 1 atom stereocenters. The average molecular weight is 281 g/mol. The zero-order valence-electron chi connectivity index (χ0n) is 9.67. The Hall–Kier alpha value is -1.23. The van der Waals surface area contributed by atoms with Gasteiger partial charge in [0.2, 0.25) is 0 Å². The lowest BCUT2D eigenvalue weighted by Gasteiger charge is -2.08. The molecule has 3 nitrogen and oxygen atoms in total. The zero-order valence-corrected chi connectivity index (χ0v) is 11.2. The lowest BCUT2D eigenvalue weighted by Crippen LogP contribution is -2.11. The van der Waals surface area contributed by atoms with Crippen LogP contribution in [0.5, 0.6) is 0 Å². The Balaban J connectivity index is 1.90. The van der Waals surface area contributed by atoms with Gasteiger partial charge in [0.1, 0.15) is 0 Å². The van der Waals surface area contributed by atoms with Crippen LogP contribution < -0.4 is 5.73 Å². The number of halogens is 1. The van der Waals surface area contributed by atoms with Gasteiger partial charge in [-0.1, -0.05) is 11.6 Å². The molecular weight excluding hydrogens is 268 g/mol. The SMILES string of the molecule is NC(CCC(=O)c1cccnc1)c1ccc(Cl)s1. The molecule has 0 amide bonds. The van der Waals surface area contributed by atoms with Crippen LogP contribution >= 0.6 is 22.9 Å². The number of carbonyl (C=O) groups excluding carboxylic acids is 1. The quantitative estimate of drug-likeness (QED) is 0.854. The molecule has 0 bridgehead atoms. The molecule has 0 saturated carbocycles. The molecule has 2 aromatic heterocycles. The molecule has 0 aliphatic heterocycles. The maximum Gasteiger partial charge on any atom is 0.164 e. The average Bonchev–Trinajstić information content (AvgIpc) is 2.83. The monoisotopic (exact) mass is 280 g/mol. The molecule has 0 radical (unpaired) electrons. The number of Topliss-reactive ketones (excluding diaryl/α,β-unsaturated/α-hetero) is 1. The molecule has 5 heteroatoms. The second-order valence-corrected chi connectivity index (χ2v) is 5.70. The number of pyridine rings is 1. The van der Waals surface area contributed by atoms with Crippen molar-refractivity contribution in [3.63, 3.8) is 0 Å². The summed E-state index contributed by atoms with van der Waals surface area (Å²) >= 11 is 7.31. The van der Waals surface area contributed by atoms with E-state index in [1.807, 2.05) is 12.1 Å². The van der Waals surface area contributed by atoms with E-state index in [-0.39, 0.29) is 11.8 Å². The molecule has 94 valence electrons. The van der Waals surface area contributed by atoms with Crippen molar-refractivity contribution in [2.24, 2.45) is 5.73 Å². The smallest absolute Gasteiger partial charge is 0.164 e. The number of thiophene rings is 1. The van der Waals surface area contributed by atoms with Gasteiger partial charge in [-0.25, -0.2) is 0 Å². The third-order valence-electron chi connectivity index (χ3n) is 2.63. The summed E-state index contributed by atoms with van der Waals surface area (Å²) in [6, 6.07) is 7.12. The molecule has 0 aromatic carbocycles. The lowest BCUT2D eigenvalue weighted by molar-refractivity contribution is 0.0977. The number of hydrogen-bond acceptors (Lipinski definition) is 4. The highest BCUT2D eigenvalue weighted by Gasteiger charge is 2.12. The van der Waals surface area contributed by atoms with Gasteiger partial charge < -0.3 is 5.73 Å². The molecule has 2 aromatic rings. The molecule has 0 aliphatic carbocycles. The molecule has 2 rings (SSSR count). The van der Waals surface area contributed by atoms with E-state index in [1.165, 1.54) is 11.3 Å². The van der Waals surface area contributed by atoms with E-state index in [9.17, 15) is 4.79 Å². The second kappa shape index (κ2) is 6.09. The van der Waals surface area contributed by atoms with Crippen molar-refractivity contribution in [1.29, 1.82) is 0 Å². The van der Waals surface area contributed by atoms with Gasteiger partial charge in [-0.3, -0.25) is 9.78 Å². The zero-order chi connectivity index (χ0) is 13.0. The first-order chi connectivity index (χ1) is 8.66. The number of carbonyl (C=O) groups is 1. The van der Waals surface area contributed by atoms with Crippen molar-refractivity contribution in [3.05, 3.63) is 51.4 Å². The van der Waals surface area contributed by atoms with Crippen LogP contribution in [0.15, 0.2) is 36.7 Å². The minimum absolute atomic E-state index is 0.0706. The van der Waals surface area contributed by atoms with Gasteiger partial charge >= 0.3 is 0 Å². The van der Waals surface area contributed by atoms with Crippen LogP contribution in [-0.2, 0) is 0 Å². The molecule has 0 saturated heterocycles. The summed E-state index contributed by atoms with van der Waals surface area (Å²) in [5.41, 5.74) is 6.65. The molecule has 2 heterocycles. The van der Waals surface area contributed by atoms with Crippen molar-refractivity contribution < 1.29 is 4.79 Å². The number of ketones is 1. The fourth-order valence-electron chi connectivity index (χ4n) is 1.63. The van der Waals surface area contributed by atoms with Crippen molar-refractivity contribution in [3.8, 4) is 0 Å². The minimum atomic E-state index is -0.136. The van der Waals surface area contributed by atoms with Gasteiger partial charge in [0, 0.05) is 35.3 Å². The summed E-state index contributed by atoms with van der Waals surface area (Å²) < 4.78 is 0.721. The van der Waals surface area contributed by atoms with Gasteiger partial charge in [-0.2, -0.15) is 0 Å². The van der Waals surface area contributed by atoms with Crippen molar-refractivity contribution in [1.82, 2.24) is 4.98 Å². The van der Waals surface area contributed by atoms with Crippen molar-refractivity contribution >= 4 is 28.7 Å². The summed E-state index contributed by atoms with van der Waals surface area (Å²) in [7, 11) is 0. The molecule has 0 spiro atoms. The largest absolute Gasteiger partial charge is 0.323 e. The Morgan fingerprint density at radius 2 is 2.28 bits per heavy atom. The van der Waals surface area contributed by atoms with E-state index in [4.69, 9.17) is 17.3 Å². The Labute approximate surface area is 115 Å². The second-order valence-electron chi connectivity index (χ2n) is 3.95. The number of aromatic nitrogens is 1. The van der Waals surface area contributed by atoms with E-state index in [2.05, 4.69) is 4.98 Å². The third-order valence-corrected chi connectivity index (χ3v) is 3.99. The Morgan fingerprint density at radius 1 is 1.44 bits per heavy atom. The molecule has 0 fully saturated rings. The number of nitrogens with two attached hydrogens (primary N) is 1. The summed E-state index contributed by atoms with van der Waals surface area (Å²) in [5, 5.41) is 0. The van der Waals surface area contributed by atoms with Crippen molar-refractivity contribution in [2.75, 3.05) is 0 Å². The van der Waals surface area contributed by atoms with Crippen LogP contribution in [0.2, 0.25) is 4.34 Å². The van der Waals surface area contributed by atoms with Crippen LogP contribution in [0.3, 0.4) is 0 Å². The Kier molecular flexibility index (Phi) is 4.47. The van der Waals surface area contributed by atoms with Crippen LogP contribution in [0.1, 0.15) is 34.1 Å². The van der Waals surface area contributed by atoms with E-state index in [0.29, 0.717) is 18.4 Å². The normalized spacial score (nSPS) is 12.3. The Bertz CT molecular complexity index is 527. The van der Waals surface area contributed by atoms with Gasteiger partial charge in [0.25, 0.3) is 0 Å². The van der Waals surface area contributed by atoms with E-state index in [1.54, 1.807) is 24.5 Å². The molecule has 0 aliphatic rings. The maximum atomic E-state index is 11.9. The van der Waals surface area contributed by atoms with E-state index in [0.717, 1.165) is 9.21 Å². The lowest BCUT2D eigenvalue weighted by atomic mass is 10.0. The maximum absolute atomic E-state index is 11.9. The minimum Gasteiger partial charge on any atom is -0.323 e. The van der Waals surface area contributed by atoms with Crippen molar-refractivity contribution in [2.45, 2.75) is 18.9 Å². The first-order valence-electron chi connectivity index (χ1n) is 5.61. The topological polar surface area (TPSA) is 56.0 Å². The van der Waals surface area contributed by atoms with Gasteiger partial charge in [-0.05, 0) is 30.7 Å². The summed E-state index contributed by atoms with van der Waals surface area (Å²) in [5.74, 6) is 0.0706. The van der Waals surface area contributed by atoms with Gasteiger partial charge in [-0.15, -0.1) is 11.3 Å². The van der Waals surface area contributed by atoms with Gasteiger partial charge in [0.15, 0.2) is 5.78 Å². The van der Waals surface area contributed by atoms with Crippen LogP contribution in [-0.4, -0.2) is 10.8 Å². The highest BCUT2D eigenvalue weighted by Crippen LogP contribution is 2.28. The number of rotatable bonds is 5. The highest BCUT2D eigenvalue weighted by molar-refractivity contribution is 7.16. The number of nitrogens with zero attached hydrogens (tertiary/aromatic N) is 1. The predicted molar refractivity (Wildman–Crippen MR) is 74.1 cm³/mol. The van der Waals surface area contributed by atoms with E-state index >= 15 is 0 Å². The van der Waals surface area contributed by atoms with Crippen LogP contribution in [0.4, 0.5) is 0 Å². The number of hydrogen-bond donors (Lipinski definition) is 1.